The summed E-state index contributed by atoms with van der Waals surface area (Å²) in [5, 5.41) is 7.21. The smallest absolute Gasteiger partial charge is 0.273 e. The van der Waals surface area contributed by atoms with E-state index in [1.54, 1.807) is 0 Å². The summed E-state index contributed by atoms with van der Waals surface area (Å²) in [7, 11) is 0. The molecule has 130 valence electrons. The number of amides is 1. The molecule has 3 rings (SSSR count). The lowest BCUT2D eigenvalue weighted by Gasteiger charge is -2.37. The molecule has 3 N–H and O–H groups in total. The fourth-order valence-corrected chi connectivity index (χ4v) is 3.72. The van der Waals surface area contributed by atoms with E-state index in [0.717, 1.165) is 30.6 Å². The number of halogens is 2. The fourth-order valence-electron chi connectivity index (χ4n) is 3.14. The molecule has 2 unspecified atom stereocenters. The minimum absolute atomic E-state index is 0. The first-order valence-electron chi connectivity index (χ1n) is 7.92. The maximum absolute atomic E-state index is 12.9. The Morgan fingerprint density at radius 2 is 2.12 bits per heavy atom. The van der Waals surface area contributed by atoms with Crippen LogP contribution in [0.1, 0.15) is 30.3 Å². The molecule has 24 heavy (non-hydrogen) atoms. The summed E-state index contributed by atoms with van der Waals surface area (Å²) in [5.74, 6) is 0.576. The SMILES string of the molecule is CC1CCN(C(=O)c2[nH]nc(-c3ccccc3)c2Br)C(CN)C1.Cl. The highest BCUT2D eigenvalue weighted by Crippen LogP contribution is 2.31. The third-order valence-electron chi connectivity index (χ3n) is 4.48. The molecule has 0 aliphatic carbocycles. The number of piperidine rings is 1. The van der Waals surface area contributed by atoms with Crippen LogP contribution >= 0.6 is 28.3 Å². The van der Waals surface area contributed by atoms with E-state index in [1.165, 1.54) is 0 Å². The van der Waals surface area contributed by atoms with Crippen molar-refractivity contribution in [2.45, 2.75) is 25.8 Å². The minimum atomic E-state index is -0.0334. The number of nitrogens with one attached hydrogen (secondary N) is 1. The molecular weight excluding hydrogens is 392 g/mol. The highest BCUT2D eigenvalue weighted by atomic mass is 79.9. The quantitative estimate of drug-likeness (QED) is 0.809. The number of H-pyrrole nitrogens is 1. The first-order valence-corrected chi connectivity index (χ1v) is 8.71. The third kappa shape index (κ3) is 3.66. The molecule has 2 atom stereocenters. The molecule has 0 radical (unpaired) electrons. The fraction of sp³-hybridized carbons (Fsp3) is 0.412. The predicted octanol–water partition coefficient (Wildman–Crippen LogP) is 3.46. The Labute approximate surface area is 156 Å². The van der Waals surface area contributed by atoms with E-state index >= 15 is 0 Å². The Hall–Kier alpha value is -1.37. The van der Waals surface area contributed by atoms with E-state index in [1.807, 2.05) is 35.2 Å². The van der Waals surface area contributed by atoms with Crippen LogP contribution in [0.15, 0.2) is 34.8 Å². The van der Waals surface area contributed by atoms with Gasteiger partial charge >= 0.3 is 0 Å². The Bertz CT molecular complexity index is 691. The molecule has 5 nitrogen and oxygen atoms in total. The van der Waals surface area contributed by atoms with Crippen molar-refractivity contribution in [3.05, 3.63) is 40.5 Å². The van der Waals surface area contributed by atoms with Crippen molar-refractivity contribution in [3.8, 4) is 11.3 Å². The van der Waals surface area contributed by atoms with Gasteiger partial charge in [0.1, 0.15) is 11.4 Å². The molecule has 1 fully saturated rings. The average molecular weight is 414 g/mol. The molecule has 7 heteroatoms. The summed E-state index contributed by atoms with van der Waals surface area (Å²) in [6.07, 6.45) is 1.97. The van der Waals surface area contributed by atoms with Crippen LogP contribution in [0.2, 0.25) is 0 Å². The molecule has 2 heterocycles. The number of rotatable bonds is 3. The van der Waals surface area contributed by atoms with Crippen LogP contribution in [-0.4, -0.2) is 40.1 Å². The van der Waals surface area contributed by atoms with Crippen LogP contribution in [0.3, 0.4) is 0 Å². The lowest BCUT2D eigenvalue weighted by molar-refractivity contribution is 0.0566. The zero-order valence-electron chi connectivity index (χ0n) is 13.5. The third-order valence-corrected chi connectivity index (χ3v) is 5.25. The van der Waals surface area contributed by atoms with Crippen LogP contribution in [0.5, 0.6) is 0 Å². The number of nitrogens with two attached hydrogens (primary N) is 1. The van der Waals surface area contributed by atoms with Crippen molar-refractivity contribution in [3.63, 3.8) is 0 Å². The van der Waals surface area contributed by atoms with E-state index < -0.39 is 0 Å². The van der Waals surface area contributed by atoms with Crippen molar-refractivity contribution >= 4 is 34.2 Å². The van der Waals surface area contributed by atoms with Gasteiger partial charge in [-0.2, -0.15) is 5.10 Å². The maximum Gasteiger partial charge on any atom is 0.273 e. The molecule has 0 spiro atoms. The first kappa shape index (κ1) is 19.0. The van der Waals surface area contributed by atoms with Crippen molar-refractivity contribution in [1.29, 1.82) is 0 Å². The number of nitrogens with zero attached hydrogens (tertiary/aromatic N) is 2. The highest BCUT2D eigenvalue weighted by molar-refractivity contribution is 9.10. The summed E-state index contributed by atoms with van der Waals surface area (Å²) in [6, 6.07) is 9.90. The predicted molar refractivity (Wildman–Crippen MR) is 101 cm³/mol. The normalized spacial score (nSPS) is 20.5. The second-order valence-electron chi connectivity index (χ2n) is 6.14. The number of aromatic amines is 1. The summed E-state index contributed by atoms with van der Waals surface area (Å²) < 4.78 is 0.711. The Kier molecular flexibility index (Phi) is 6.43. The largest absolute Gasteiger partial charge is 0.333 e. The number of likely N-dealkylation sites (tertiary alicyclic amines) is 1. The molecule has 1 saturated heterocycles. The van der Waals surface area contributed by atoms with Crippen LogP contribution < -0.4 is 5.73 Å². The molecule has 2 aromatic rings. The zero-order valence-corrected chi connectivity index (χ0v) is 15.9. The van der Waals surface area contributed by atoms with Crippen LogP contribution in [0.25, 0.3) is 11.3 Å². The van der Waals surface area contributed by atoms with E-state index in [-0.39, 0.29) is 24.4 Å². The summed E-state index contributed by atoms with van der Waals surface area (Å²) in [5.41, 5.74) is 8.09. The van der Waals surface area contributed by atoms with E-state index in [2.05, 4.69) is 33.1 Å². The second-order valence-corrected chi connectivity index (χ2v) is 6.94. The number of benzene rings is 1. The van der Waals surface area contributed by atoms with Crippen molar-refractivity contribution in [1.82, 2.24) is 15.1 Å². The number of carbonyl (C=O) groups excluding carboxylic acids is 1. The molecule has 1 aliphatic heterocycles. The molecule has 1 aromatic carbocycles. The van der Waals surface area contributed by atoms with Crippen molar-refractivity contribution < 1.29 is 4.79 Å². The zero-order chi connectivity index (χ0) is 16.4. The van der Waals surface area contributed by atoms with Gasteiger partial charge in [-0.15, -0.1) is 12.4 Å². The minimum Gasteiger partial charge on any atom is -0.333 e. The topological polar surface area (TPSA) is 75.0 Å². The molecule has 1 aromatic heterocycles. The lowest BCUT2D eigenvalue weighted by Crippen LogP contribution is -2.49. The van der Waals surface area contributed by atoms with Gasteiger partial charge in [0.25, 0.3) is 5.91 Å². The van der Waals surface area contributed by atoms with E-state index in [0.29, 0.717) is 22.6 Å². The Balaban J connectivity index is 0.00000208. The van der Waals surface area contributed by atoms with Gasteiger partial charge in [-0.1, -0.05) is 37.3 Å². The van der Waals surface area contributed by atoms with Gasteiger partial charge in [-0.25, -0.2) is 0 Å². The van der Waals surface area contributed by atoms with Crippen LogP contribution in [0, 0.1) is 5.92 Å². The van der Waals surface area contributed by atoms with Gasteiger partial charge < -0.3 is 10.6 Å². The van der Waals surface area contributed by atoms with Gasteiger partial charge in [0.15, 0.2) is 0 Å². The number of hydrogen-bond acceptors (Lipinski definition) is 3. The van der Waals surface area contributed by atoms with Crippen molar-refractivity contribution in [2.24, 2.45) is 11.7 Å². The molecular formula is C17H22BrClN4O. The van der Waals surface area contributed by atoms with Crippen molar-refractivity contribution in [2.75, 3.05) is 13.1 Å². The summed E-state index contributed by atoms with van der Waals surface area (Å²) in [6.45, 7) is 3.45. The molecule has 1 amide bonds. The number of aromatic nitrogens is 2. The Morgan fingerprint density at radius 3 is 2.79 bits per heavy atom. The monoisotopic (exact) mass is 412 g/mol. The molecule has 0 bridgehead atoms. The van der Waals surface area contributed by atoms with Crippen LogP contribution in [0.4, 0.5) is 0 Å². The summed E-state index contributed by atoms with van der Waals surface area (Å²) >= 11 is 3.54. The second kappa shape index (κ2) is 8.14. The lowest BCUT2D eigenvalue weighted by atomic mass is 9.92. The molecule has 0 saturated carbocycles. The maximum atomic E-state index is 12.9. The van der Waals surface area contributed by atoms with Gasteiger partial charge in [0.2, 0.25) is 0 Å². The molecule has 1 aliphatic rings. The van der Waals surface area contributed by atoms with E-state index in [4.69, 9.17) is 5.73 Å². The van der Waals surface area contributed by atoms with E-state index in [9.17, 15) is 4.79 Å². The van der Waals surface area contributed by atoms with Gasteiger partial charge in [0.05, 0.1) is 4.47 Å². The summed E-state index contributed by atoms with van der Waals surface area (Å²) in [4.78, 5) is 14.8. The number of hydrogen-bond donors (Lipinski definition) is 2. The van der Waals surface area contributed by atoms with Gasteiger partial charge in [-0.3, -0.25) is 9.89 Å². The Morgan fingerprint density at radius 1 is 1.42 bits per heavy atom. The average Bonchev–Trinajstić information content (AvgIpc) is 2.96. The van der Waals surface area contributed by atoms with Gasteiger partial charge in [-0.05, 0) is 34.7 Å². The highest BCUT2D eigenvalue weighted by Gasteiger charge is 2.32. The standard InChI is InChI=1S/C17H21BrN4O.ClH/c1-11-7-8-22(13(9-11)10-19)17(23)16-14(18)15(20-21-16)12-5-3-2-4-6-12;/h2-6,11,13H,7-10,19H2,1H3,(H,20,21);1H. The van der Waals surface area contributed by atoms with Crippen LogP contribution in [-0.2, 0) is 0 Å². The van der Waals surface area contributed by atoms with Gasteiger partial charge in [0, 0.05) is 24.7 Å². The number of carbonyl (C=O) groups is 1. The first-order chi connectivity index (χ1) is 11.1.